The molecule has 122 valence electrons. The van der Waals surface area contributed by atoms with E-state index in [2.05, 4.69) is 0 Å². The molecule has 0 aliphatic carbocycles. The minimum atomic E-state index is -0.329. The molecule has 1 amide bonds. The predicted molar refractivity (Wildman–Crippen MR) is 81.5 cm³/mol. The van der Waals surface area contributed by atoms with Crippen molar-refractivity contribution in [1.29, 1.82) is 0 Å². The van der Waals surface area contributed by atoms with Gasteiger partial charge in [-0.05, 0) is 19.1 Å². The Hall–Kier alpha value is -1.92. The van der Waals surface area contributed by atoms with Crippen LogP contribution in [-0.2, 0) is 14.3 Å². The first-order valence-corrected chi connectivity index (χ1v) is 7.37. The van der Waals surface area contributed by atoms with Crippen molar-refractivity contribution < 1.29 is 24.2 Å². The second-order valence-electron chi connectivity index (χ2n) is 4.55. The van der Waals surface area contributed by atoms with Crippen LogP contribution in [-0.4, -0.2) is 61.4 Å². The highest BCUT2D eigenvalue weighted by atomic mass is 16.5. The number of aliphatic hydroxyl groups excluding tert-OH is 1. The van der Waals surface area contributed by atoms with E-state index in [0.717, 1.165) is 0 Å². The van der Waals surface area contributed by atoms with Gasteiger partial charge in [0.05, 0.1) is 32.8 Å². The minimum Gasteiger partial charge on any atom is -0.466 e. The van der Waals surface area contributed by atoms with Gasteiger partial charge in [0.15, 0.2) is 0 Å². The summed E-state index contributed by atoms with van der Waals surface area (Å²) in [5.41, 5.74) is 0.563. The van der Waals surface area contributed by atoms with Crippen molar-refractivity contribution in [3.8, 4) is 0 Å². The molecule has 0 atom stereocenters. The number of hydrogen-bond donors (Lipinski definition) is 1. The predicted octanol–water partition coefficient (Wildman–Crippen LogP) is 1.09. The van der Waals surface area contributed by atoms with Crippen LogP contribution in [0.1, 0.15) is 23.7 Å². The van der Waals surface area contributed by atoms with Gasteiger partial charge in [0.25, 0.3) is 5.91 Å². The van der Waals surface area contributed by atoms with Crippen molar-refractivity contribution >= 4 is 11.9 Å². The average molecular weight is 309 g/mol. The monoisotopic (exact) mass is 309 g/mol. The fraction of sp³-hybridized carbons (Fsp3) is 0.500. The van der Waals surface area contributed by atoms with Crippen LogP contribution in [0.25, 0.3) is 0 Å². The molecule has 0 aliphatic heterocycles. The van der Waals surface area contributed by atoms with Gasteiger partial charge in [-0.2, -0.15) is 0 Å². The molecule has 0 heterocycles. The maximum atomic E-state index is 12.4. The molecule has 0 saturated carbocycles. The molecular weight excluding hydrogens is 286 g/mol. The Morgan fingerprint density at radius 3 is 2.50 bits per heavy atom. The number of hydrogen-bond acceptors (Lipinski definition) is 5. The molecule has 1 aromatic rings. The molecule has 0 bridgehead atoms. The number of amides is 1. The Morgan fingerprint density at radius 1 is 1.14 bits per heavy atom. The van der Waals surface area contributed by atoms with E-state index in [-0.39, 0.29) is 38.1 Å². The first-order chi connectivity index (χ1) is 10.7. The number of esters is 1. The Morgan fingerprint density at radius 2 is 1.86 bits per heavy atom. The second kappa shape index (κ2) is 10.8. The van der Waals surface area contributed by atoms with E-state index in [4.69, 9.17) is 14.6 Å². The zero-order valence-corrected chi connectivity index (χ0v) is 12.9. The van der Waals surface area contributed by atoms with Gasteiger partial charge in [-0.25, -0.2) is 0 Å². The third kappa shape index (κ3) is 6.69. The van der Waals surface area contributed by atoms with Crippen LogP contribution in [0.3, 0.4) is 0 Å². The second-order valence-corrected chi connectivity index (χ2v) is 4.55. The van der Waals surface area contributed by atoms with Crippen molar-refractivity contribution in [2.24, 2.45) is 0 Å². The van der Waals surface area contributed by atoms with Gasteiger partial charge in [-0.15, -0.1) is 0 Å². The highest BCUT2D eigenvalue weighted by molar-refractivity contribution is 5.94. The van der Waals surface area contributed by atoms with E-state index in [9.17, 15) is 9.59 Å². The van der Waals surface area contributed by atoms with Crippen LogP contribution < -0.4 is 0 Å². The van der Waals surface area contributed by atoms with Crippen LogP contribution in [0.2, 0.25) is 0 Å². The first-order valence-electron chi connectivity index (χ1n) is 7.37. The summed E-state index contributed by atoms with van der Waals surface area (Å²) in [5, 5.41) is 8.69. The Bertz CT molecular complexity index is 449. The van der Waals surface area contributed by atoms with Crippen molar-refractivity contribution in [2.75, 3.05) is 39.5 Å². The fourth-order valence-electron chi connectivity index (χ4n) is 1.88. The van der Waals surface area contributed by atoms with Crippen LogP contribution >= 0.6 is 0 Å². The zero-order chi connectivity index (χ0) is 16.2. The van der Waals surface area contributed by atoms with Gasteiger partial charge in [0.1, 0.15) is 0 Å². The number of aliphatic hydroxyl groups is 1. The lowest BCUT2D eigenvalue weighted by Crippen LogP contribution is -2.36. The van der Waals surface area contributed by atoms with Gasteiger partial charge in [-0.3, -0.25) is 9.59 Å². The molecule has 1 aromatic carbocycles. The summed E-state index contributed by atoms with van der Waals surface area (Å²) < 4.78 is 10.1. The highest BCUT2D eigenvalue weighted by Crippen LogP contribution is 2.06. The van der Waals surface area contributed by atoms with E-state index in [0.29, 0.717) is 25.3 Å². The third-order valence-electron chi connectivity index (χ3n) is 2.94. The van der Waals surface area contributed by atoms with E-state index in [1.165, 1.54) is 0 Å². The lowest BCUT2D eigenvalue weighted by atomic mass is 10.2. The van der Waals surface area contributed by atoms with Crippen LogP contribution in [0.5, 0.6) is 0 Å². The number of carbonyl (C=O) groups is 2. The topological polar surface area (TPSA) is 76.1 Å². The van der Waals surface area contributed by atoms with Crippen LogP contribution in [0, 0.1) is 0 Å². The quantitative estimate of drug-likeness (QED) is 0.517. The normalized spacial score (nSPS) is 10.3. The van der Waals surface area contributed by atoms with Gasteiger partial charge in [-0.1, -0.05) is 18.2 Å². The van der Waals surface area contributed by atoms with E-state index >= 15 is 0 Å². The molecule has 22 heavy (non-hydrogen) atoms. The number of nitrogens with zero attached hydrogens (tertiary/aromatic N) is 1. The molecule has 0 fully saturated rings. The molecular formula is C16H23NO5. The number of ether oxygens (including phenoxy) is 2. The summed E-state index contributed by atoms with van der Waals surface area (Å²) in [4.78, 5) is 25.5. The van der Waals surface area contributed by atoms with Gasteiger partial charge in [0, 0.05) is 18.7 Å². The first kappa shape index (κ1) is 18.1. The van der Waals surface area contributed by atoms with E-state index < -0.39 is 0 Å². The summed E-state index contributed by atoms with van der Waals surface area (Å²) in [5.74, 6) is -0.484. The Labute approximate surface area is 130 Å². The largest absolute Gasteiger partial charge is 0.466 e. The Kier molecular flexibility index (Phi) is 8.86. The molecule has 0 unspecified atom stereocenters. The molecule has 0 spiro atoms. The van der Waals surface area contributed by atoms with Crippen LogP contribution in [0.15, 0.2) is 30.3 Å². The van der Waals surface area contributed by atoms with Crippen LogP contribution in [0.4, 0.5) is 0 Å². The fourth-order valence-corrected chi connectivity index (χ4v) is 1.88. The number of benzene rings is 1. The Balaban J connectivity index is 2.60. The molecule has 1 rings (SSSR count). The zero-order valence-electron chi connectivity index (χ0n) is 12.9. The van der Waals surface area contributed by atoms with Gasteiger partial charge >= 0.3 is 5.97 Å². The molecule has 1 N–H and O–H groups in total. The van der Waals surface area contributed by atoms with Gasteiger partial charge < -0.3 is 19.5 Å². The standard InChI is InChI=1S/C16H23NO5/c1-2-22-15(19)8-9-17(10-12-21-13-11-18)16(20)14-6-4-3-5-7-14/h3-7,18H,2,8-13H2,1H3. The lowest BCUT2D eigenvalue weighted by molar-refractivity contribution is -0.143. The minimum absolute atomic E-state index is 0.0601. The lowest BCUT2D eigenvalue weighted by Gasteiger charge is -2.22. The van der Waals surface area contributed by atoms with Crippen molar-refractivity contribution in [3.05, 3.63) is 35.9 Å². The summed E-state index contributed by atoms with van der Waals surface area (Å²) in [7, 11) is 0. The summed E-state index contributed by atoms with van der Waals surface area (Å²) in [6.45, 7) is 3.17. The van der Waals surface area contributed by atoms with Crippen molar-refractivity contribution in [3.63, 3.8) is 0 Å². The summed E-state index contributed by atoms with van der Waals surface area (Å²) in [6.07, 6.45) is 0.145. The third-order valence-corrected chi connectivity index (χ3v) is 2.94. The number of carbonyl (C=O) groups excluding carboxylic acids is 2. The molecule has 6 nitrogen and oxygen atoms in total. The van der Waals surface area contributed by atoms with E-state index in [1.54, 1.807) is 36.1 Å². The van der Waals surface area contributed by atoms with E-state index in [1.807, 2.05) is 6.07 Å². The molecule has 0 aliphatic rings. The molecule has 0 radical (unpaired) electrons. The average Bonchev–Trinajstić information content (AvgIpc) is 2.54. The molecule has 0 aromatic heterocycles. The highest BCUT2D eigenvalue weighted by Gasteiger charge is 2.16. The number of rotatable bonds is 10. The smallest absolute Gasteiger partial charge is 0.307 e. The molecule has 6 heteroatoms. The van der Waals surface area contributed by atoms with Crippen molar-refractivity contribution in [1.82, 2.24) is 4.90 Å². The van der Waals surface area contributed by atoms with Crippen molar-refractivity contribution in [2.45, 2.75) is 13.3 Å². The maximum Gasteiger partial charge on any atom is 0.307 e. The SMILES string of the molecule is CCOC(=O)CCN(CCOCCO)C(=O)c1ccccc1. The summed E-state index contributed by atoms with van der Waals surface area (Å²) >= 11 is 0. The maximum absolute atomic E-state index is 12.4. The molecule has 0 saturated heterocycles. The van der Waals surface area contributed by atoms with Gasteiger partial charge in [0.2, 0.25) is 0 Å². The summed E-state index contributed by atoms with van der Waals surface area (Å²) in [6, 6.07) is 8.88.